The molecular weight excluding hydrogens is 267 g/mol. The minimum Gasteiger partial charge on any atom is -0.491 e. The molecule has 0 aliphatic rings. The van der Waals surface area contributed by atoms with E-state index in [-0.39, 0.29) is 11.7 Å². The van der Waals surface area contributed by atoms with Crippen LogP contribution in [0.15, 0.2) is 42.5 Å². The van der Waals surface area contributed by atoms with Crippen LogP contribution in [-0.4, -0.2) is 6.10 Å². The molecule has 21 heavy (non-hydrogen) atoms. The van der Waals surface area contributed by atoms with Crippen molar-refractivity contribution in [1.82, 2.24) is 0 Å². The number of ether oxygens (including phenoxy) is 1. The van der Waals surface area contributed by atoms with Crippen molar-refractivity contribution in [3.05, 3.63) is 59.4 Å². The van der Waals surface area contributed by atoms with Crippen molar-refractivity contribution >= 4 is 5.69 Å². The highest BCUT2D eigenvalue weighted by Crippen LogP contribution is 2.20. The Morgan fingerprint density at radius 1 is 1.24 bits per heavy atom. The maximum atomic E-state index is 13.5. The Labute approximate surface area is 124 Å². The molecule has 0 aliphatic carbocycles. The van der Waals surface area contributed by atoms with E-state index in [9.17, 15) is 4.39 Å². The summed E-state index contributed by atoms with van der Waals surface area (Å²) in [6, 6.07) is 14.1. The summed E-state index contributed by atoms with van der Waals surface area (Å²) in [5.74, 6) is 0.281. The third kappa shape index (κ3) is 3.96. The maximum Gasteiger partial charge on any atom is 0.143 e. The van der Waals surface area contributed by atoms with E-state index >= 15 is 0 Å². The number of nitrogens with one attached hydrogen (secondary N) is 1. The van der Waals surface area contributed by atoms with E-state index in [0.717, 1.165) is 11.3 Å². The molecule has 0 amide bonds. The lowest BCUT2D eigenvalue weighted by Gasteiger charge is -2.12. The number of anilines is 1. The smallest absolute Gasteiger partial charge is 0.143 e. The second-order valence-electron chi connectivity index (χ2n) is 4.94. The Hall–Kier alpha value is -2.54. The molecule has 0 aliphatic heterocycles. The molecule has 2 aromatic rings. The normalized spacial score (nSPS) is 10.2. The fourth-order valence-corrected chi connectivity index (χ4v) is 1.98. The van der Waals surface area contributed by atoms with Gasteiger partial charge < -0.3 is 10.1 Å². The number of halogens is 1. The highest BCUT2D eigenvalue weighted by molar-refractivity contribution is 5.58. The van der Waals surface area contributed by atoms with Gasteiger partial charge in [0.15, 0.2) is 0 Å². The van der Waals surface area contributed by atoms with Crippen LogP contribution >= 0.6 is 0 Å². The van der Waals surface area contributed by atoms with E-state index in [1.165, 1.54) is 6.07 Å². The highest BCUT2D eigenvalue weighted by Gasteiger charge is 2.07. The fourth-order valence-electron chi connectivity index (χ4n) is 1.98. The molecule has 0 unspecified atom stereocenters. The standard InChI is InChI=1S/C17H17FN2O/c1-12(2)21-14-6-3-5-13(9-14)11-20-17-8-4-7-16(18)15(17)10-19/h3-9,12,20H,11H2,1-2H3. The van der Waals surface area contributed by atoms with Crippen LogP contribution in [0, 0.1) is 17.1 Å². The molecule has 0 spiro atoms. The van der Waals surface area contributed by atoms with Gasteiger partial charge in [0.05, 0.1) is 11.8 Å². The Bertz CT molecular complexity index is 662. The second-order valence-corrected chi connectivity index (χ2v) is 4.94. The summed E-state index contributed by atoms with van der Waals surface area (Å²) in [7, 11) is 0. The third-order valence-electron chi connectivity index (χ3n) is 2.88. The van der Waals surface area contributed by atoms with Gasteiger partial charge in [0, 0.05) is 6.54 Å². The summed E-state index contributed by atoms with van der Waals surface area (Å²) in [6.45, 7) is 4.43. The molecule has 0 radical (unpaired) electrons. The molecule has 3 nitrogen and oxygen atoms in total. The van der Waals surface area contributed by atoms with Gasteiger partial charge in [0.2, 0.25) is 0 Å². The molecule has 2 rings (SSSR count). The molecule has 0 saturated carbocycles. The molecule has 0 heterocycles. The minimum absolute atomic E-state index is 0.0343. The van der Waals surface area contributed by atoms with Gasteiger partial charge in [-0.05, 0) is 43.7 Å². The first-order valence-electron chi connectivity index (χ1n) is 6.78. The van der Waals surface area contributed by atoms with Gasteiger partial charge in [-0.1, -0.05) is 18.2 Å². The van der Waals surface area contributed by atoms with Crippen molar-refractivity contribution in [2.45, 2.75) is 26.5 Å². The number of rotatable bonds is 5. The number of hydrogen-bond donors (Lipinski definition) is 1. The molecule has 0 aromatic heterocycles. The zero-order valence-corrected chi connectivity index (χ0v) is 12.1. The molecule has 0 saturated heterocycles. The van der Waals surface area contributed by atoms with E-state index in [1.807, 2.05) is 44.2 Å². The van der Waals surface area contributed by atoms with Gasteiger partial charge in [-0.3, -0.25) is 0 Å². The number of hydrogen-bond acceptors (Lipinski definition) is 3. The molecule has 0 fully saturated rings. The molecule has 4 heteroatoms. The average Bonchev–Trinajstić information content (AvgIpc) is 2.45. The molecule has 2 aromatic carbocycles. The van der Waals surface area contributed by atoms with Gasteiger partial charge in [0.1, 0.15) is 23.2 Å². The summed E-state index contributed by atoms with van der Waals surface area (Å²) >= 11 is 0. The molecule has 0 bridgehead atoms. The van der Waals surface area contributed by atoms with Crippen LogP contribution in [0.25, 0.3) is 0 Å². The summed E-state index contributed by atoms with van der Waals surface area (Å²) < 4.78 is 19.1. The van der Waals surface area contributed by atoms with E-state index in [0.29, 0.717) is 12.2 Å². The van der Waals surface area contributed by atoms with Gasteiger partial charge in [0.25, 0.3) is 0 Å². The lowest BCUT2D eigenvalue weighted by atomic mass is 10.1. The Morgan fingerprint density at radius 3 is 2.71 bits per heavy atom. The Morgan fingerprint density at radius 2 is 2.00 bits per heavy atom. The molecule has 1 N–H and O–H groups in total. The molecule has 0 atom stereocenters. The topological polar surface area (TPSA) is 45.0 Å². The zero-order valence-electron chi connectivity index (χ0n) is 12.1. The predicted molar refractivity (Wildman–Crippen MR) is 80.6 cm³/mol. The fraction of sp³-hybridized carbons (Fsp3) is 0.235. The van der Waals surface area contributed by atoms with Crippen molar-refractivity contribution in [1.29, 1.82) is 5.26 Å². The average molecular weight is 284 g/mol. The van der Waals surface area contributed by atoms with Gasteiger partial charge >= 0.3 is 0 Å². The van der Waals surface area contributed by atoms with Crippen LogP contribution in [-0.2, 0) is 6.54 Å². The summed E-state index contributed by atoms with van der Waals surface area (Å²) in [5.41, 5.74) is 1.53. The second kappa shape index (κ2) is 6.76. The van der Waals surface area contributed by atoms with Crippen LogP contribution in [0.2, 0.25) is 0 Å². The Balaban J connectivity index is 2.10. The molecular formula is C17H17FN2O. The first kappa shape index (κ1) is 14.9. The lowest BCUT2D eigenvalue weighted by molar-refractivity contribution is 0.242. The van der Waals surface area contributed by atoms with E-state index in [4.69, 9.17) is 10.00 Å². The monoisotopic (exact) mass is 284 g/mol. The van der Waals surface area contributed by atoms with Crippen LogP contribution in [0.3, 0.4) is 0 Å². The van der Waals surface area contributed by atoms with Crippen molar-refractivity contribution < 1.29 is 9.13 Å². The van der Waals surface area contributed by atoms with E-state index in [2.05, 4.69) is 5.32 Å². The predicted octanol–water partition coefficient (Wildman–Crippen LogP) is 4.10. The number of nitriles is 1. The summed E-state index contributed by atoms with van der Waals surface area (Å²) in [5, 5.41) is 12.1. The van der Waals surface area contributed by atoms with Crippen molar-refractivity contribution in [3.8, 4) is 11.8 Å². The van der Waals surface area contributed by atoms with E-state index < -0.39 is 5.82 Å². The largest absolute Gasteiger partial charge is 0.491 e. The van der Waals surface area contributed by atoms with Crippen molar-refractivity contribution in [2.75, 3.05) is 5.32 Å². The van der Waals surface area contributed by atoms with Crippen LogP contribution < -0.4 is 10.1 Å². The number of benzene rings is 2. The van der Waals surface area contributed by atoms with Gasteiger partial charge in [-0.15, -0.1) is 0 Å². The third-order valence-corrected chi connectivity index (χ3v) is 2.88. The zero-order chi connectivity index (χ0) is 15.2. The molecule has 108 valence electrons. The summed E-state index contributed by atoms with van der Waals surface area (Å²) in [6.07, 6.45) is 0.113. The Kier molecular flexibility index (Phi) is 4.78. The maximum absolute atomic E-state index is 13.5. The minimum atomic E-state index is -0.514. The summed E-state index contributed by atoms with van der Waals surface area (Å²) in [4.78, 5) is 0. The van der Waals surface area contributed by atoms with Gasteiger partial charge in [-0.2, -0.15) is 5.26 Å². The van der Waals surface area contributed by atoms with Crippen LogP contribution in [0.5, 0.6) is 5.75 Å². The highest BCUT2D eigenvalue weighted by atomic mass is 19.1. The first-order chi connectivity index (χ1) is 10.1. The van der Waals surface area contributed by atoms with Crippen molar-refractivity contribution in [2.24, 2.45) is 0 Å². The first-order valence-corrected chi connectivity index (χ1v) is 6.78. The van der Waals surface area contributed by atoms with Crippen LogP contribution in [0.4, 0.5) is 10.1 Å². The van der Waals surface area contributed by atoms with E-state index in [1.54, 1.807) is 12.1 Å². The number of nitrogens with zero attached hydrogens (tertiary/aromatic N) is 1. The van der Waals surface area contributed by atoms with Crippen molar-refractivity contribution in [3.63, 3.8) is 0 Å². The van der Waals surface area contributed by atoms with Gasteiger partial charge in [-0.25, -0.2) is 4.39 Å². The van der Waals surface area contributed by atoms with Crippen LogP contribution in [0.1, 0.15) is 25.0 Å². The quantitative estimate of drug-likeness (QED) is 0.899. The SMILES string of the molecule is CC(C)Oc1cccc(CNc2cccc(F)c2C#N)c1. The lowest BCUT2D eigenvalue weighted by Crippen LogP contribution is -2.06.